The number of aromatic nitrogens is 1. The van der Waals surface area contributed by atoms with E-state index >= 15 is 0 Å². The van der Waals surface area contributed by atoms with E-state index in [2.05, 4.69) is 4.99 Å². The summed E-state index contributed by atoms with van der Waals surface area (Å²) in [5.74, 6) is -0.617. The van der Waals surface area contributed by atoms with Crippen LogP contribution in [-0.2, 0) is 17.4 Å². The maximum atomic E-state index is 12.9. The second-order valence-electron chi connectivity index (χ2n) is 5.58. The molecule has 0 atom stereocenters. The van der Waals surface area contributed by atoms with Gasteiger partial charge in [-0.05, 0) is 23.3 Å². The van der Waals surface area contributed by atoms with E-state index in [9.17, 15) is 9.90 Å². The highest BCUT2D eigenvalue weighted by molar-refractivity contribution is 5.90. The highest BCUT2D eigenvalue weighted by Crippen LogP contribution is 2.30. The summed E-state index contributed by atoms with van der Waals surface area (Å²) in [6.07, 6.45) is 3.60. The monoisotopic (exact) mass is 318 g/mol. The number of benzene rings is 2. The second kappa shape index (κ2) is 6.64. The molecule has 1 N–H and O–H groups in total. The number of rotatable bonds is 3. The lowest BCUT2D eigenvalue weighted by Gasteiger charge is -2.25. The number of aryl methyl sites for hydroxylation is 1. The molecule has 0 saturated carbocycles. The first-order chi connectivity index (χ1) is 11.6. The van der Waals surface area contributed by atoms with Crippen molar-refractivity contribution in [3.8, 4) is 0 Å². The molecule has 3 aromatic rings. The lowest BCUT2D eigenvalue weighted by molar-refractivity contribution is -0.133. The molecule has 24 heavy (non-hydrogen) atoms. The minimum atomic E-state index is -1.82. The first-order valence-corrected chi connectivity index (χ1v) is 7.65. The molecule has 0 aliphatic rings. The van der Waals surface area contributed by atoms with Gasteiger partial charge in [-0.25, -0.2) is 4.99 Å². The normalized spacial score (nSPS) is 11.1. The van der Waals surface area contributed by atoms with E-state index in [1.165, 1.54) is 0 Å². The number of amides is 1. The van der Waals surface area contributed by atoms with Crippen molar-refractivity contribution in [3.05, 3.63) is 102 Å². The first kappa shape index (κ1) is 15.9. The maximum Gasteiger partial charge on any atom is 0.287 e. The zero-order valence-corrected chi connectivity index (χ0v) is 13.3. The van der Waals surface area contributed by atoms with Crippen molar-refractivity contribution in [2.45, 2.75) is 5.60 Å². The van der Waals surface area contributed by atoms with Crippen LogP contribution in [0, 0.1) is 0 Å². The van der Waals surface area contributed by atoms with Crippen LogP contribution in [0.4, 0.5) is 0 Å². The molecule has 0 fully saturated rings. The third kappa shape index (κ3) is 3.05. The largest absolute Gasteiger partial charge is 0.372 e. The summed E-state index contributed by atoms with van der Waals surface area (Å²) in [4.78, 5) is 17.0. The Labute approximate surface area is 140 Å². The minimum absolute atomic E-state index is 0.492. The molecule has 0 unspecified atom stereocenters. The number of pyridine rings is 1. The molecule has 0 spiro atoms. The van der Waals surface area contributed by atoms with Gasteiger partial charge in [0.2, 0.25) is 0 Å². The fourth-order valence-corrected chi connectivity index (χ4v) is 2.54. The molecule has 1 aromatic heterocycles. The molecule has 1 heterocycles. The Balaban J connectivity index is 2.14. The average molecular weight is 318 g/mol. The minimum Gasteiger partial charge on any atom is -0.372 e. The van der Waals surface area contributed by atoms with E-state index in [1.807, 2.05) is 23.7 Å². The Bertz CT molecular complexity index is 840. The first-order valence-electron chi connectivity index (χ1n) is 7.65. The van der Waals surface area contributed by atoms with Crippen molar-refractivity contribution < 1.29 is 9.90 Å². The molecule has 4 nitrogen and oxygen atoms in total. The Morgan fingerprint density at radius 2 is 1.33 bits per heavy atom. The predicted molar refractivity (Wildman–Crippen MR) is 91.9 cm³/mol. The molecular formula is C20H18N2O2. The molecule has 0 radical (unpaired) electrons. The van der Waals surface area contributed by atoms with Crippen molar-refractivity contribution in [2.24, 2.45) is 12.0 Å². The van der Waals surface area contributed by atoms with Crippen LogP contribution < -0.4 is 5.36 Å². The Morgan fingerprint density at radius 1 is 0.875 bits per heavy atom. The van der Waals surface area contributed by atoms with Gasteiger partial charge in [0.15, 0.2) is 5.60 Å². The zero-order valence-electron chi connectivity index (χ0n) is 13.3. The number of aliphatic hydroxyl groups is 1. The smallest absolute Gasteiger partial charge is 0.287 e. The van der Waals surface area contributed by atoms with Crippen LogP contribution in [-0.4, -0.2) is 15.6 Å². The Hall–Kier alpha value is -2.98. The van der Waals surface area contributed by atoms with E-state index in [0.29, 0.717) is 16.5 Å². The maximum absolute atomic E-state index is 12.9. The number of carbonyl (C=O) groups is 1. The SMILES string of the molecule is Cn1ccc(=NC(=O)C(O)(c2ccccc2)c2ccccc2)cc1. The molecule has 0 bridgehead atoms. The van der Waals surface area contributed by atoms with Crippen molar-refractivity contribution >= 4 is 5.91 Å². The highest BCUT2D eigenvalue weighted by Gasteiger charge is 2.39. The van der Waals surface area contributed by atoms with Gasteiger partial charge in [-0.3, -0.25) is 4.79 Å². The van der Waals surface area contributed by atoms with Gasteiger partial charge in [0.1, 0.15) is 0 Å². The number of hydrogen-bond acceptors (Lipinski definition) is 2. The Morgan fingerprint density at radius 3 is 1.79 bits per heavy atom. The van der Waals surface area contributed by atoms with Gasteiger partial charge >= 0.3 is 0 Å². The van der Waals surface area contributed by atoms with Crippen molar-refractivity contribution in [1.29, 1.82) is 0 Å². The van der Waals surface area contributed by atoms with Crippen molar-refractivity contribution in [2.75, 3.05) is 0 Å². The van der Waals surface area contributed by atoms with E-state index in [1.54, 1.807) is 73.1 Å². The number of carbonyl (C=O) groups excluding carboxylic acids is 1. The summed E-state index contributed by atoms with van der Waals surface area (Å²) in [5, 5.41) is 11.8. The zero-order chi connectivity index (χ0) is 17.0. The van der Waals surface area contributed by atoms with Gasteiger partial charge in [0, 0.05) is 19.4 Å². The van der Waals surface area contributed by atoms with Crippen LogP contribution in [0.2, 0.25) is 0 Å². The van der Waals surface area contributed by atoms with Gasteiger partial charge in [-0.2, -0.15) is 0 Å². The van der Waals surface area contributed by atoms with Crippen LogP contribution in [0.1, 0.15) is 11.1 Å². The third-order valence-corrected chi connectivity index (χ3v) is 3.88. The quantitative estimate of drug-likeness (QED) is 0.806. The number of hydrogen-bond donors (Lipinski definition) is 1. The van der Waals surface area contributed by atoms with Crippen molar-refractivity contribution in [1.82, 2.24) is 4.57 Å². The summed E-state index contributed by atoms with van der Waals surface area (Å²) in [6.45, 7) is 0. The number of nitrogens with zero attached hydrogens (tertiary/aromatic N) is 2. The van der Waals surface area contributed by atoms with Crippen LogP contribution in [0.5, 0.6) is 0 Å². The summed E-state index contributed by atoms with van der Waals surface area (Å²) >= 11 is 0. The Kier molecular flexibility index (Phi) is 4.40. The molecule has 0 saturated heterocycles. The molecule has 3 rings (SSSR count). The van der Waals surface area contributed by atoms with E-state index < -0.39 is 11.5 Å². The van der Waals surface area contributed by atoms with Gasteiger partial charge in [-0.15, -0.1) is 0 Å². The molecular weight excluding hydrogens is 300 g/mol. The van der Waals surface area contributed by atoms with E-state index in [0.717, 1.165) is 0 Å². The molecule has 2 aromatic carbocycles. The van der Waals surface area contributed by atoms with Crippen LogP contribution in [0.15, 0.2) is 90.2 Å². The summed E-state index contributed by atoms with van der Waals surface area (Å²) in [7, 11) is 1.88. The molecule has 1 amide bonds. The van der Waals surface area contributed by atoms with Gasteiger partial charge in [0.25, 0.3) is 5.91 Å². The van der Waals surface area contributed by atoms with Crippen molar-refractivity contribution in [3.63, 3.8) is 0 Å². The standard InChI is InChI=1S/C20H18N2O2/c1-22-14-12-18(13-15-22)21-19(23)20(24,16-8-4-2-5-9-16)17-10-6-3-7-11-17/h2-15,24H,1H3. The van der Waals surface area contributed by atoms with E-state index in [4.69, 9.17) is 0 Å². The third-order valence-electron chi connectivity index (χ3n) is 3.88. The molecule has 0 aliphatic carbocycles. The summed E-state index contributed by atoms with van der Waals surface area (Å²) < 4.78 is 1.85. The highest BCUT2D eigenvalue weighted by atomic mass is 16.3. The fourth-order valence-electron chi connectivity index (χ4n) is 2.54. The van der Waals surface area contributed by atoms with Gasteiger partial charge < -0.3 is 9.67 Å². The second-order valence-corrected chi connectivity index (χ2v) is 5.58. The van der Waals surface area contributed by atoms with Gasteiger partial charge in [-0.1, -0.05) is 60.7 Å². The van der Waals surface area contributed by atoms with E-state index in [-0.39, 0.29) is 0 Å². The lowest BCUT2D eigenvalue weighted by Crippen LogP contribution is -2.37. The fraction of sp³-hybridized carbons (Fsp3) is 0.100. The summed E-state index contributed by atoms with van der Waals surface area (Å²) in [5.41, 5.74) is -0.835. The molecule has 4 heteroatoms. The van der Waals surface area contributed by atoms with Crippen LogP contribution in [0.25, 0.3) is 0 Å². The lowest BCUT2D eigenvalue weighted by atomic mass is 9.85. The average Bonchev–Trinajstić information content (AvgIpc) is 2.64. The van der Waals surface area contributed by atoms with Gasteiger partial charge in [0.05, 0.1) is 5.36 Å². The molecule has 120 valence electrons. The van der Waals surface area contributed by atoms with Crippen LogP contribution in [0.3, 0.4) is 0 Å². The van der Waals surface area contributed by atoms with Crippen LogP contribution >= 0.6 is 0 Å². The molecule has 0 aliphatic heterocycles. The predicted octanol–water partition coefficient (Wildman–Crippen LogP) is 2.39. The summed E-state index contributed by atoms with van der Waals surface area (Å²) in [6, 6.07) is 21.2. The topological polar surface area (TPSA) is 54.6 Å².